The molecule has 3 aromatic rings. The summed E-state index contributed by atoms with van der Waals surface area (Å²) in [5, 5.41) is 15.8. The lowest BCUT2D eigenvalue weighted by Crippen LogP contribution is -2.33. The van der Waals surface area contributed by atoms with Crippen molar-refractivity contribution in [3.05, 3.63) is 86.7 Å². The third-order valence-electron chi connectivity index (χ3n) is 4.86. The summed E-state index contributed by atoms with van der Waals surface area (Å²) in [6, 6.07) is 14.5. The van der Waals surface area contributed by atoms with Gasteiger partial charge in [0.25, 0.3) is 0 Å². The molecule has 0 fully saturated rings. The second-order valence-electron chi connectivity index (χ2n) is 6.38. The van der Waals surface area contributed by atoms with E-state index in [0.717, 1.165) is 28.1 Å². The average Bonchev–Trinajstić information content (AvgIpc) is 2.87. The molecule has 0 bridgehead atoms. The van der Waals surface area contributed by atoms with E-state index in [2.05, 4.69) is 5.10 Å². The highest BCUT2D eigenvalue weighted by Gasteiger charge is 2.38. The van der Waals surface area contributed by atoms with E-state index >= 15 is 0 Å². The van der Waals surface area contributed by atoms with Gasteiger partial charge < -0.3 is 0 Å². The number of aryl methyl sites for hydroxylation is 2. The van der Waals surface area contributed by atoms with E-state index in [1.54, 1.807) is 24.3 Å². The molecule has 26 heavy (non-hydrogen) atoms. The standard InChI is InChI=1S/C20H20Cl2N2O2/c1-13-19(14(2)24(3)23-13)12-20(26-25,15-4-8-17(21)9-5-15)16-6-10-18(22)11-7-16/h4-11,25H,12H2,1-3H3. The van der Waals surface area contributed by atoms with Crippen LogP contribution in [0.2, 0.25) is 10.0 Å². The van der Waals surface area contributed by atoms with E-state index in [9.17, 15) is 5.26 Å². The van der Waals surface area contributed by atoms with Crippen molar-refractivity contribution >= 4 is 23.2 Å². The van der Waals surface area contributed by atoms with Gasteiger partial charge in [0.1, 0.15) is 0 Å². The Hall–Kier alpha value is -1.85. The van der Waals surface area contributed by atoms with Gasteiger partial charge in [-0.3, -0.25) is 9.94 Å². The lowest BCUT2D eigenvalue weighted by molar-refractivity contribution is -0.315. The maximum absolute atomic E-state index is 10.1. The van der Waals surface area contributed by atoms with Crippen LogP contribution in [0.4, 0.5) is 0 Å². The Balaban J connectivity index is 2.20. The van der Waals surface area contributed by atoms with Crippen LogP contribution < -0.4 is 0 Å². The summed E-state index contributed by atoms with van der Waals surface area (Å²) in [5.74, 6) is 0. The maximum Gasteiger partial charge on any atom is 0.157 e. The molecule has 0 aliphatic carbocycles. The number of rotatable bonds is 5. The van der Waals surface area contributed by atoms with Crippen molar-refractivity contribution in [1.82, 2.24) is 9.78 Å². The molecular weight excluding hydrogens is 371 g/mol. The lowest BCUT2D eigenvalue weighted by atomic mass is 9.80. The van der Waals surface area contributed by atoms with E-state index < -0.39 is 5.60 Å². The van der Waals surface area contributed by atoms with Gasteiger partial charge in [-0.15, -0.1) is 0 Å². The van der Waals surface area contributed by atoms with Gasteiger partial charge in [-0.1, -0.05) is 47.5 Å². The lowest BCUT2D eigenvalue weighted by Gasteiger charge is -2.32. The molecule has 1 N–H and O–H groups in total. The van der Waals surface area contributed by atoms with Crippen molar-refractivity contribution in [3.8, 4) is 0 Å². The smallest absolute Gasteiger partial charge is 0.157 e. The van der Waals surface area contributed by atoms with Gasteiger partial charge >= 0.3 is 0 Å². The van der Waals surface area contributed by atoms with E-state index in [0.29, 0.717) is 16.5 Å². The Bertz CT molecular complexity index is 857. The van der Waals surface area contributed by atoms with Crippen molar-refractivity contribution < 1.29 is 10.1 Å². The molecule has 0 unspecified atom stereocenters. The second kappa shape index (κ2) is 7.41. The first kappa shape index (κ1) is 18.9. The van der Waals surface area contributed by atoms with Crippen molar-refractivity contribution in [3.63, 3.8) is 0 Å². The summed E-state index contributed by atoms with van der Waals surface area (Å²) >= 11 is 12.1. The highest BCUT2D eigenvalue weighted by Crippen LogP contribution is 2.38. The molecule has 6 heteroatoms. The van der Waals surface area contributed by atoms with E-state index in [4.69, 9.17) is 28.1 Å². The fourth-order valence-electron chi connectivity index (χ4n) is 3.27. The normalized spacial score (nSPS) is 11.8. The topological polar surface area (TPSA) is 47.3 Å². The summed E-state index contributed by atoms with van der Waals surface area (Å²) < 4.78 is 1.83. The second-order valence-corrected chi connectivity index (χ2v) is 7.25. The van der Waals surface area contributed by atoms with Gasteiger partial charge in [-0.25, -0.2) is 4.89 Å². The monoisotopic (exact) mass is 390 g/mol. The van der Waals surface area contributed by atoms with Crippen molar-refractivity contribution in [1.29, 1.82) is 0 Å². The molecule has 0 saturated carbocycles. The quantitative estimate of drug-likeness (QED) is 0.473. The van der Waals surface area contributed by atoms with Gasteiger partial charge in [0, 0.05) is 29.2 Å². The van der Waals surface area contributed by atoms with Crippen LogP contribution in [0.1, 0.15) is 28.1 Å². The molecule has 2 aromatic carbocycles. The molecular formula is C20H20Cl2N2O2. The zero-order chi connectivity index (χ0) is 18.9. The Morgan fingerprint density at radius 2 is 1.42 bits per heavy atom. The number of benzene rings is 2. The van der Waals surface area contributed by atoms with Crippen molar-refractivity contribution in [2.75, 3.05) is 0 Å². The van der Waals surface area contributed by atoms with Crippen LogP contribution in [-0.2, 0) is 24.0 Å². The first-order valence-electron chi connectivity index (χ1n) is 8.21. The Morgan fingerprint density at radius 3 is 1.77 bits per heavy atom. The van der Waals surface area contributed by atoms with Crippen LogP contribution in [0.3, 0.4) is 0 Å². The van der Waals surface area contributed by atoms with Crippen LogP contribution in [0, 0.1) is 13.8 Å². The zero-order valence-corrected chi connectivity index (χ0v) is 16.3. The average molecular weight is 391 g/mol. The highest BCUT2D eigenvalue weighted by molar-refractivity contribution is 6.30. The highest BCUT2D eigenvalue weighted by atomic mass is 35.5. The van der Waals surface area contributed by atoms with Crippen molar-refractivity contribution in [2.45, 2.75) is 25.9 Å². The molecule has 0 saturated heterocycles. The minimum absolute atomic E-state index is 0.415. The molecule has 0 aliphatic rings. The molecule has 4 nitrogen and oxygen atoms in total. The number of halogens is 2. The number of aromatic nitrogens is 2. The minimum atomic E-state index is -1.10. The number of nitrogens with zero attached hydrogens (tertiary/aromatic N) is 2. The predicted octanol–water partition coefficient (Wildman–Crippen LogP) is 5.32. The molecule has 3 rings (SSSR count). The summed E-state index contributed by atoms with van der Waals surface area (Å²) in [6.45, 7) is 3.95. The van der Waals surface area contributed by atoms with Crippen LogP contribution >= 0.6 is 23.2 Å². The summed E-state index contributed by atoms with van der Waals surface area (Å²) in [6.07, 6.45) is 0.415. The van der Waals surface area contributed by atoms with E-state index in [-0.39, 0.29) is 0 Å². The summed E-state index contributed by atoms with van der Waals surface area (Å²) in [5.41, 5.74) is 3.41. The first-order chi connectivity index (χ1) is 12.4. The molecule has 1 aromatic heterocycles. The zero-order valence-electron chi connectivity index (χ0n) is 14.8. The minimum Gasteiger partial charge on any atom is -0.272 e. The molecule has 1 heterocycles. The fraction of sp³-hybridized carbons (Fsp3) is 0.250. The van der Waals surface area contributed by atoms with Gasteiger partial charge in [-0.2, -0.15) is 5.10 Å². The van der Waals surface area contributed by atoms with Crippen LogP contribution in [0.25, 0.3) is 0 Å². The van der Waals surface area contributed by atoms with Crippen LogP contribution in [-0.4, -0.2) is 15.0 Å². The molecule has 136 valence electrons. The predicted molar refractivity (Wildman–Crippen MR) is 104 cm³/mol. The van der Waals surface area contributed by atoms with Crippen molar-refractivity contribution in [2.24, 2.45) is 7.05 Å². The molecule has 0 atom stereocenters. The molecule has 0 radical (unpaired) electrons. The first-order valence-corrected chi connectivity index (χ1v) is 8.96. The SMILES string of the molecule is Cc1nn(C)c(C)c1CC(OO)(c1ccc(Cl)cc1)c1ccc(Cl)cc1. The fourth-order valence-corrected chi connectivity index (χ4v) is 3.52. The maximum atomic E-state index is 10.1. The van der Waals surface area contributed by atoms with Crippen LogP contribution in [0.15, 0.2) is 48.5 Å². The molecule has 0 aliphatic heterocycles. The third kappa shape index (κ3) is 3.38. The summed E-state index contributed by atoms with van der Waals surface area (Å²) in [4.78, 5) is 5.19. The number of hydrogen-bond acceptors (Lipinski definition) is 3. The third-order valence-corrected chi connectivity index (χ3v) is 5.37. The van der Waals surface area contributed by atoms with Gasteiger partial charge in [0.2, 0.25) is 0 Å². The van der Waals surface area contributed by atoms with Crippen LogP contribution in [0.5, 0.6) is 0 Å². The molecule has 0 amide bonds. The number of hydrogen-bond donors (Lipinski definition) is 1. The van der Waals surface area contributed by atoms with Gasteiger partial charge in [-0.05, 0) is 54.8 Å². The Morgan fingerprint density at radius 1 is 0.962 bits per heavy atom. The largest absolute Gasteiger partial charge is 0.272 e. The van der Waals surface area contributed by atoms with E-state index in [1.807, 2.05) is 49.8 Å². The summed E-state index contributed by atoms with van der Waals surface area (Å²) in [7, 11) is 1.90. The molecule has 0 spiro atoms. The Kier molecular flexibility index (Phi) is 5.39. The van der Waals surface area contributed by atoms with Gasteiger partial charge in [0.15, 0.2) is 5.60 Å². The Labute approximate surface area is 162 Å². The van der Waals surface area contributed by atoms with Gasteiger partial charge in [0.05, 0.1) is 5.69 Å². The van der Waals surface area contributed by atoms with E-state index in [1.165, 1.54) is 0 Å².